The molecule has 0 amide bonds. The molecule has 0 aliphatic heterocycles. The van der Waals surface area contributed by atoms with Gasteiger partial charge in [-0.1, -0.05) is 0 Å². The molecule has 5 aromatic rings. The van der Waals surface area contributed by atoms with Crippen LogP contribution in [-0.4, -0.2) is 29.8 Å². The van der Waals surface area contributed by atoms with Crippen LogP contribution in [0.5, 0.6) is 0 Å². The Morgan fingerprint density at radius 2 is 1.26 bits per heavy atom. The van der Waals surface area contributed by atoms with Gasteiger partial charge in [0.2, 0.25) is 5.95 Å². The van der Waals surface area contributed by atoms with Crippen molar-refractivity contribution in [3.63, 3.8) is 0 Å². The molecule has 0 radical (unpaired) electrons. The zero-order valence-corrected chi connectivity index (χ0v) is 21.9. The van der Waals surface area contributed by atoms with E-state index in [0.29, 0.717) is 14.2 Å². The smallest absolute Gasteiger partial charge is 0.248 e. The molecule has 34 heavy (non-hydrogen) atoms. The van der Waals surface area contributed by atoms with E-state index in [0.717, 1.165) is 15.3 Å². The van der Waals surface area contributed by atoms with Crippen LogP contribution >= 0.6 is 38.6 Å². The van der Waals surface area contributed by atoms with Crippen molar-refractivity contribution in [3.05, 3.63) is 101 Å². The molecule has 5 rings (SSSR count). The number of pyridine rings is 1. The van der Waals surface area contributed by atoms with Crippen LogP contribution in [0, 0.1) is 5.95 Å². The van der Waals surface area contributed by atoms with Crippen molar-refractivity contribution in [3.8, 4) is 11.1 Å². The Labute approximate surface area is 212 Å². The summed E-state index contributed by atoms with van der Waals surface area (Å²) >= 11 is 5.46. The SMILES string of the molecule is O=S(=O)(c1sccc1-c1cccnc1F)n1cccc1.O=S(=O)(c1sccc1Br)n1cccc1. The fourth-order valence-corrected chi connectivity index (χ4v) is 9.14. The lowest BCUT2D eigenvalue weighted by Gasteiger charge is -2.07. The Morgan fingerprint density at radius 1 is 0.735 bits per heavy atom. The van der Waals surface area contributed by atoms with Crippen LogP contribution in [0.25, 0.3) is 11.1 Å². The van der Waals surface area contributed by atoms with Crippen molar-refractivity contribution in [1.82, 2.24) is 12.9 Å². The van der Waals surface area contributed by atoms with Gasteiger partial charge in [-0.2, -0.15) is 21.2 Å². The second-order valence-electron chi connectivity index (χ2n) is 6.56. The molecule has 0 aliphatic rings. The van der Waals surface area contributed by atoms with Crippen molar-refractivity contribution >= 4 is 58.7 Å². The van der Waals surface area contributed by atoms with Gasteiger partial charge in [-0.3, -0.25) is 0 Å². The molecule has 0 fully saturated rings. The van der Waals surface area contributed by atoms with Gasteiger partial charge in [0.1, 0.15) is 4.21 Å². The molecule has 0 aliphatic carbocycles. The fraction of sp³-hybridized carbons (Fsp3) is 0. The van der Waals surface area contributed by atoms with Gasteiger partial charge in [0.15, 0.2) is 4.21 Å². The summed E-state index contributed by atoms with van der Waals surface area (Å²) in [6, 6.07) is 13.0. The third-order valence-corrected chi connectivity index (χ3v) is 11.9. The summed E-state index contributed by atoms with van der Waals surface area (Å²) in [5.41, 5.74) is 0.508. The zero-order chi connectivity index (χ0) is 24.3. The number of hydrogen-bond acceptors (Lipinski definition) is 7. The van der Waals surface area contributed by atoms with E-state index in [9.17, 15) is 21.2 Å². The van der Waals surface area contributed by atoms with Crippen molar-refractivity contribution in [2.45, 2.75) is 8.42 Å². The number of halogens is 2. The average Bonchev–Trinajstić information content (AvgIpc) is 3.62. The van der Waals surface area contributed by atoms with Crippen LogP contribution in [0.2, 0.25) is 0 Å². The second kappa shape index (κ2) is 9.96. The summed E-state index contributed by atoms with van der Waals surface area (Å²) in [5.74, 6) is -0.685. The van der Waals surface area contributed by atoms with E-state index < -0.39 is 26.0 Å². The standard InChI is InChI=1S/C13H9FN2O2S2.C8H6BrNO2S2/c14-12-10(4-3-6-15-12)11-5-9-19-13(11)20(17,18)16-7-1-2-8-16;9-7-3-6-13-8(7)14(11,12)10-4-1-2-5-10/h1-9H;1-6H. The van der Waals surface area contributed by atoms with Crippen molar-refractivity contribution < 1.29 is 21.2 Å². The second-order valence-corrected chi connectivity index (χ2v) is 13.3. The first-order valence-corrected chi connectivity index (χ1v) is 14.8. The van der Waals surface area contributed by atoms with E-state index in [4.69, 9.17) is 0 Å². The highest BCUT2D eigenvalue weighted by atomic mass is 79.9. The van der Waals surface area contributed by atoms with E-state index in [1.54, 1.807) is 53.2 Å². The maximum atomic E-state index is 13.8. The quantitative estimate of drug-likeness (QED) is 0.247. The highest BCUT2D eigenvalue weighted by Crippen LogP contribution is 2.34. The maximum absolute atomic E-state index is 13.8. The summed E-state index contributed by atoms with van der Waals surface area (Å²) < 4.78 is 65.9. The van der Waals surface area contributed by atoms with Gasteiger partial charge in [0.25, 0.3) is 20.0 Å². The van der Waals surface area contributed by atoms with Gasteiger partial charge in [-0.05, 0) is 75.2 Å². The summed E-state index contributed by atoms with van der Waals surface area (Å²) in [6.07, 6.45) is 7.24. The Hall–Kier alpha value is -2.58. The minimum atomic E-state index is -3.71. The molecule has 7 nitrogen and oxygen atoms in total. The van der Waals surface area contributed by atoms with Crippen LogP contribution < -0.4 is 0 Å². The molecule has 5 aromatic heterocycles. The summed E-state index contributed by atoms with van der Waals surface area (Å²) in [4.78, 5) is 3.56. The van der Waals surface area contributed by atoms with Gasteiger partial charge < -0.3 is 0 Å². The number of hydrogen-bond donors (Lipinski definition) is 0. The molecule has 5 heterocycles. The Balaban J connectivity index is 0.000000172. The van der Waals surface area contributed by atoms with E-state index in [1.165, 1.54) is 52.4 Å². The number of thiophene rings is 2. The summed E-state index contributed by atoms with van der Waals surface area (Å²) in [7, 11) is -7.10. The van der Waals surface area contributed by atoms with E-state index >= 15 is 0 Å². The number of aromatic nitrogens is 3. The normalized spacial score (nSPS) is 11.7. The molecule has 0 unspecified atom stereocenters. The molecule has 0 saturated heterocycles. The lowest BCUT2D eigenvalue weighted by Crippen LogP contribution is -2.10. The highest BCUT2D eigenvalue weighted by molar-refractivity contribution is 9.10. The molecule has 0 atom stereocenters. The van der Waals surface area contributed by atoms with Gasteiger partial charge in [-0.15, -0.1) is 22.7 Å². The molecule has 0 bridgehead atoms. The van der Waals surface area contributed by atoms with Gasteiger partial charge in [-0.25, -0.2) is 12.9 Å². The topological polar surface area (TPSA) is 91.0 Å². The Bertz CT molecular complexity index is 1610. The minimum absolute atomic E-state index is 0.0978. The molecule has 176 valence electrons. The lowest BCUT2D eigenvalue weighted by atomic mass is 10.1. The van der Waals surface area contributed by atoms with Crippen LogP contribution in [0.1, 0.15) is 0 Å². The third-order valence-electron chi connectivity index (χ3n) is 4.44. The summed E-state index contributed by atoms with van der Waals surface area (Å²) in [6.45, 7) is 0. The highest BCUT2D eigenvalue weighted by Gasteiger charge is 2.24. The predicted molar refractivity (Wildman–Crippen MR) is 134 cm³/mol. The minimum Gasteiger partial charge on any atom is -0.248 e. The van der Waals surface area contributed by atoms with Crippen LogP contribution in [0.15, 0.2) is 103 Å². The van der Waals surface area contributed by atoms with E-state index in [-0.39, 0.29) is 9.77 Å². The van der Waals surface area contributed by atoms with Crippen molar-refractivity contribution in [1.29, 1.82) is 0 Å². The first-order chi connectivity index (χ1) is 16.2. The number of rotatable bonds is 5. The van der Waals surface area contributed by atoms with Crippen LogP contribution in [0.3, 0.4) is 0 Å². The average molecular weight is 601 g/mol. The molecule has 0 spiro atoms. The van der Waals surface area contributed by atoms with E-state index in [2.05, 4.69) is 20.9 Å². The Kier molecular flexibility index (Phi) is 7.19. The van der Waals surface area contributed by atoms with Crippen LogP contribution in [0.4, 0.5) is 4.39 Å². The summed E-state index contributed by atoms with van der Waals surface area (Å²) in [5, 5.41) is 3.36. The van der Waals surface area contributed by atoms with Gasteiger partial charge in [0, 0.05) is 46.6 Å². The first-order valence-electron chi connectivity index (χ1n) is 9.41. The Morgan fingerprint density at radius 3 is 1.79 bits per heavy atom. The molecule has 0 aromatic carbocycles. The predicted octanol–water partition coefficient (Wildman–Crippen LogP) is 5.54. The fourth-order valence-electron chi connectivity index (χ4n) is 2.90. The van der Waals surface area contributed by atoms with Gasteiger partial charge in [0.05, 0.1) is 0 Å². The first kappa shape index (κ1) is 24.5. The molecular weight excluding hydrogens is 585 g/mol. The van der Waals surface area contributed by atoms with Crippen molar-refractivity contribution in [2.75, 3.05) is 0 Å². The van der Waals surface area contributed by atoms with Crippen LogP contribution in [-0.2, 0) is 20.0 Å². The zero-order valence-electron chi connectivity index (χ0n) is 17.0. The maximum Gasteiger partial charge on any atom is 0.278 e. The van der Waals surface area contributed by atoms with Crippen molar-refractivity contribution in [2.24, 2.45) is 0 Å². The molecular formula is C21H15BrFN3O4S4. The largest absolute Gasteiger partial charge is 0.278 e. The molecule has 0 N–H and O–H groups in total. The lowest BCUT2D eigenvalue weighted by molar-refractivity contribution is 0.585. The number of nitrogens with zero attached hydrogens (tertiary/aromatic N) is 3. The molecule has 0 saturated carbocycles. The molecule has 13 heteroatoms. The van der Waals surface area contributed by atoms with Gasteiger partial charge >= 0.3 is 0 Å². The monoisotopic (exact) mass is 599 g/mol. The third kappa shape index (κ3) is 4.79. The van der Waals surface area contributed by atoms with E-state index in [1.807, 2.05) is 0 Å².